The van der Waals surface area contributed by atoms with E-state index in [1.807, 2.05) is 0 Å². The molecule has 0 rings (SSSR count). The zero-order valence-corrected chi connectivity index (χ0v) is 8.90. The molecule has 0 radical (unpaired) electrons. The van der Waals surface area contributed by atoms with Gasteiger partial charge in [-0.1, -0.05) is 0 Å². The van der Waals surface area contributed by atoms with Crippen LogP contribution in [0.1, 0.15) is 19.3 Å². The third-order valence-electron chi connectivity index (χ3n) is 1.66. The monoisotopic (exact) mass is 206 g/mol. The molecular weight excluding hydrogens is 188 g/mol. The number of thiol groups is 1. The Labute approximate surface area is 85.0 Å². The summed E-state index contributed by atoms with van der Waals surface area (Å²) >= 11 is 3.61. The summed E-state index contributed by atoms with van der Waals surface area (Å²) in [6.07, 6.45) is 2.55. The molecule has 0 unspecified atom stereocenters. The Morgan fingerprint density at radius 3 is 2.77 bits per heavy atom. The molecule has 0 heterocycles. The highest BCUT2D eigenvalue weighted by Crippen LogP contribution is 1.93. The van der Waals surface area contributed by atoms with Crippen LogP contribution in [0.15, 0.2) is 0 Å². The maximum atomic E-state index is 10.8. The summed E-state index contributed by atoms with van der Waals surface area (Å²) in [7, 11) is 1.66. The van der Waals surface area contributed by atoms with Gasteiger partial charge >= 0.3 is 0 Å². The van der Waals surface area contributed by atoms with E-state index in [-0.39, 0.29) is 5.91 Å². The fourth-order valence-corrected chi connectivity index (χ4v) is 0.995. The molecule has 0 aromatic carbocycles. The highest BCUT2D eigenvalue weighted by Gasteiger charge is 1.96. The fraction of sp³-hybridized carbons (Fsp3) is 0.875. The van der Waals surface area contributed by atoms with Crippen LogP contribution in [0.3, 0.4) is 0 Å². The Kier molecular flexibility index (Phi) is 9.63. The first-order chi connectivity index (χ1) is 6.31. The van der Waals surface area contributed by atoms with Crippen molar-refractivity contribution in [3.8, 4) is 0 Å². The molecule has 0 saturated carbocycles. The minimum absolute atomic E-state index is 0.110. The Balaban J connectivity index is 2.95. The SMILES string of the molecule is CNC(=O)CCCCNCCOS. The Hall–Kier alpha value is -0.260. The van der Waals surface area contributed by atoms with E-state index in [2.05, 4.69) is 27.7 Å². The average Bonchev–Trinajstić information content (AvgIpc) is 2.16. The van der Waals surface area contributed by atoms with Crippen molar-refractivity contribution in [1.82, 2.24) is 10.6 Å². The normalized spacial score (nSPS) is 10.0. The summed E-state index contributed by atoms with van der Waals surface area (Å²) in [6, 6.07) is 0. The molecule has 0 fully saturated rings. The maximum absolute atomic E-state index is 10.8. The summed E-state index contributed by atoms with van der Waals surface area (Å²) < 4.78 is 4.57. The molecule has 1 amide bonds. The van der Waals surface area contributed by atoms with Gasteiger partial charge in [0.15, 0.2) is 0 Å². The lowest BCUT2D eigenvalue weighted by molar-refractivity contribution is -0.120. The summed E-state index contributed by atoms with van der Waals surface area (Å²) in [6.45, 7) is 2.34. The number of hydrogen-bond acceptors (Lipinski definition) is 4. The highest BCUT2D eigenvalue weighted by molar-refractivity contribution is 7.75. The Morgan fingerprint density at radius 2 is 2.15 bits per heavy atom. The van der Waals surface area contributed by atoms with Crippen molar-refractivity contribution in [2.75, 3.05) is 26.7 Å². The van der Waals surface area contributed by atoms with Crippen LogP contribution in [-0.2, 0) is 8.98 Å². The number of nitrogens with one attached hydrogen (secondary N) is 2. The van der Waals surface area contributed by atoms with Crippen molar-refractivity contribution in [2.45, 2.75) is 19.3 Å². The largest absolute Gasteiger partial charge is 0.359 e. The minimum Gasteiger partial charge on any atom is -0.359 e. The molecule has 2 N–H and O–H groups in total. The van der Waals surface area contributed by atoms with Gasteiger partial charge in [0.25, 0.3) is 0 Å². The van der Waals surface area contributed by atoms with Crippen molar-refractivity contribution in [3.05, 3.63) is 0 Å². The number of hydrogen-bond donors (Lipinski definition) is 3. The van der Waals surface area contributed by atoms with Crippen LogP contribution in [0.25, 0.3) is 0 Å². The van der Waals surface area contributed by atoms with E-state index in [4.69, 9.17) is 0 Å². The van der Waals surface area contributed by atoms with Gasteiger partial charge in [-0.2, -0.15) is 0 Å². The summed E-state index contributed by atoms with van der Waals surface area (Å²) in [5, 5.41) is 5.76. The van der Waals surface area contributed by atoms with Gasteiger partial charge in [0, 0.05) is 20.0 Å². The van der Waals surface area contributed by atoms with E-state index in [0.29, 0.717) is 13.0 Å². The zero-order chi connectivity index (χ0) is 9.94. The van der Waals surface area contributed by atoms with Crippen molar-refractivity contribution in [1.29, 1.82) is 0 Å². The lowest BCUT2D eigenvalue weighted by Gasteiger charge is -2.02. The molecule has 13 heavy (non-hydrogen) atoms. The molecule has 0 bridgehead atoms. The lowest BCUT2D eigenvalue weighted by atomic mass is 10.2. The van der Waals surface area contributed by atoms with Gasteiger partial charge < -0.3 is 14.8 Å². The predicted octanol–water partition coefficient (Wildman–Crippen LogP) is 0.354. The molecule has 0 atom stereocenters. The van der Waals surface area contributed by atoms with E-state index in [9.17, 15) is 4.79 Å². The van der Waals surface area contributed by atoms with Gasteiger partial charge in [0.05, 0.1) is 6.61 Å². The van der Waals surface area contributed by atoms with E-state index < -0.39 is 0 Å². The van der Waals surface area contributed by atoms with Gasteiger partial charge in [0.2, 0.25) is 5.91 Å². The van der Waals surface area contributed by atoms with Crippen LogP contribution in [0.4, 0.5) is 0 Å². The summed E-state index contributed by atoms with van der Waals surface area (Å²) in [5.74, 6) is 0.110. The van der Waals surface area contributed by atoms with Crippen molar-refractivity contribution < 1.29 is 8.98 Å². The molecule has 0 spiro atoms. The molecular formula is C8H18N2O2S. The molecule has 78 valence electrons. The second-order valence-electron chi connectivity index (χ2n) is 2.71. The first-order valence-electron chi connectivity index (χ1n) is 4.49. The molecule has 0 aromatic rings. The molecule has 4 nitrogen and oxygen atoms in total. The van der Waals surface area contributed by atoms with Crippen LogP contribution < -0.4 is 10.6 Å². The molecule has 0 aliphatic carbocycles. The number of carbonyl (C=O) groups excluding carboxylic acids is 1. The third kappa shape index (κ3) is 9.66. The van der Waals surface area contributed by atoms with Crippen LogP contribution >= 0.6 is 12.9 Å². The number of rotatable bonds is 8. The van der Waals surface area contributed by atoms with Gasteiger partial charge in [-0.25, -0.2) is 0 Å². The van der Waals surface area contributed by atoms with E-state index in [1.54, 1.807) is 7.05 Å². The number of unbranched alkanes of at least 4 members (excludes halogenated alkanes) is 1. The molecule has 0 aliphatic heterocycles. The number of carbonyl (C=O) groups is 1. The summed E-state index contributed by atoms with van der Waals surface area (Å²) in [4.78, 5) is 10.8. The van der Waals surface area contributed by atoms with Gasteiger partial charge in [-0.3, -0.25) is 4.79 Å². The fourth-order valence-electron chi connectivity index (χ4n) is 0.903. The quantitative estimate of drug-likeness (QED) is 0.305. The Bertz CT molecular complexity index is 133. The Morgan fingerprint density at radius 1 is 1.38 bits per heavy atom. The molecule has 5 heteroatoms. The van der Waals surface area contributed by atoms with Crippen molar-refractivity contribution in [3.63, 3.8) is 0 Å². The number of amides is 1. The van der Waals surface area contributed by atoms with E-state index in [1.165, 1.54) is 0 Å². The highest BCUT2D eigenvalue weighted by atomic mass is 32.1. The van der Waals surface area contributed by atoms with Crippen molar-refractivity contribution in [2.24, 2.45) is 0 Å². The van der Waals surface area contributed by atoms with Crippen LogP contribution in [-0.4, -0.2) is 32.7 Å². The van der Waals surface area contributed by atoms with Crippen LogP contribution in [0.2, 0.25) is 0 Å². The minimum atomic E-state index is 0.110. The van der Waals surface area contributed by atoms with Gasteiger partial charge in [-0.05, 0) is 32.3 Å². The third-order valence-corrected chi connectivity index (χ3v) is 1.84. The summed E-state index contributed by atoms with van der Waals surface area (Å²) in [5.41, 5.74) is 0. The predicted molar refractivity (Wildman–Crippen MR) is 55.7 cm³/mol. The average molecular weight is 206 g/mol. The van der Waals surface area contributed by atoms with Crippen LogP contribution in [0, 0.1) is 0 Å². The molecule has 0 aliphatic rings. The van der Waals surface area contributed by atoms with E-state index >= 15 is 0 Å². The van der Waals surface area contributed by atoms with Gasteiger partial charge in [0.1, 0.15) is 0 Å². The second-order valence-corrected chi connectivity index (χ2v) is 2.97. The second kappa shape index (κ2) is 9.83. The molecule has 0 aromatic heterocycles. The van der Waals surface area contributed by atoms with Gasteiger partial charge in [-0.15, -0.1) is 0 Å². The maximum Gasteiger partial charge on any atom is 0.219 e. The first kappa shape index (κ1) is 12.7. The topological polar surface area (TPSA) is 50.4 Å². The van der Waals surface area contributed by atoms with E-state index in [0.717, 1.165) is 25.9 Å². The smallest absolute Gasteiger partial charge is 0.219 e. The molecule has 0 saturated heterocycles. The standard InChI is InChI=1S/C8H18N2O2S/c1-9-8(11)4-2-3-5-10-6-7-12-13/h10,13H,2-7H2,1H3,(H,9,11). The van der Waals surface area contributed by atoms with Crippen LogP contribution in [0.5, 0.6) is 0 Å². The first-order valence-corrected chi connectivity index (χ1v) is 4.85. The van der Waals surface area contributed by atoms with Crippen molar-refractivity contribution >= 4 is 18.8 Å². The lowest BCUT2D eigenvalue weighted by Crippen LogP contribution is -2.21. The zero-order valence-electron chi connectivity index (χ0n) is 8.01.